The molecule has 0 amide bonds. The maximum atomic E-state index is 5.98. The molecule has 0 bridgehead atoms. The fraction of sp³-hybridized carbons (Fsp3) is 0.143. The minimum Gasteiger partial charge on any atom is -0.387 e. The second-order valence-corrected chi connectivity index (χ2v) is 4.31. The van der Waals surface area contributed by atoms with Crippen LogP contribution in [-0.4, -0.2) is 7.05 Å². The number of halogens is 3. The van der Waals surface area contributed by atoms with Crippen LogP contribution >= 0.6 is 50.1 Å². The molecule has 0 aliphatic rings. The molecular weight excluding hydrogens is 340 g/mol. The molecule has 4 heteroatoms. The predicted octanol–water partition coefficient (Wildman–Crippen LogP) is 3.75. The highest BCUT2D eigenvalue weighted by Gasteiger charge is 2.05. The van der Waals surface area contributed by atoms with Gasteiger partial charge < -0.3 is 5.32 Å². The first-order valence-corrected chi connectivity index (χ1v) is 5.23. The van der Waals surface area contributed by atoms with Crippen molar-refractivity contribution in [3.05, 3.63) is 25.2 Å². The first kappa shape index (κ1) is 9.61. The summed E-state index contributed by atoms with van der Waals surface area (Å²) in [6.45, 7) is 0. The van der Waals surface area contributed by atoms with Gasteiger partial charge in [-0.15, -0.1) is 0 Å². The van der Waals surface area contributed by atoms with Crippen molar-refractivity contribution in [3.63, 3.8) is 0 Å². The Balaban J connectivity index is 3.25. The van der Waals surface area contributed by atoms with Crippen molar-refractivity contribution in [1.29, 1.82) is 0 Å². The molecule has 0 aliphatic heterocycles. The van der Waals surface area contributed by atoms with E-state index in [1.807, 2.05) is 19.2 Å². The van der Waals surface area contributed by atoms with Crippen molar-refractivity contribution >= 4 is 55.8 Å². The van der Waals surface area contributed by atoms with E-state index in [9.17, 15) is 0 Å². The van der Waals surface area contributed by atoms with Gasteiger partial charge in [0, 0.05) is 10.6 Å². The van der Waals surface area contributed by atoms with Gasteiger partial charge in [0.25, 0.3) is 0 Å². The summed E-state index contributed by atoms with van der Waals surface area (Å²) in [6.07, 6.45) is 0. The summed E-state index contributed by atoms with van der Waals surface area (Å²) in [7, 11) is 1.85. The largest absolute Gasteiger partial charge is 0.387 e. The van der Waals surface area contributed by atoms with Gasteiger partial charge in [-0.25, -0.2) is 0 Å². The Bertz CT molecular complexity index is 277. The lowest BCUT2D eigenvalue weighted by molar-refractivity contribution is 1.48. The molecule has 1 nitrogen and oxygen atoms in total. The molecule has 60 valence electrons. The van der Waals surface area contributed by atoms with E-state index in [2.05, 4.69) is 43.8 Å². The minimum atomic E-state index is 0.736. The third kappa shape index (κ3) is 2.00. The van der Waals surface area contributed by atoms with Crippen LogP contribution in [0.5, 0.6) is 0 Å². The lowest BCUT2D eigenvalue weighted by Crippen LogP contribution is -1.90. The molecule has 1 N–H and O–H groups in total. The maximum Gasteiger partial charge on any atom is 0.0790 e. The van der Waals surface area contributed by atoms with E-state index < -0.39 is 0 Å². The third-order valence-electron chi connectivity index (χ3n) is 1.30. The SMILES string of the molecule is CNc1ccc(I)c(Br)c1Cl. The van der Waals surface area contributed by atoms with E-state index in [0.717, 1.165) is 18.8 Å². The molecule has 0 aliphatic carbocycles. The summed E-state index contributed by atoms with van der Waals surface area (Å²) < 4.78 is 2.07. The monoisotopic (exact) mass is 345 g/mol. The molecule has 0 atom stereocenters. The second-order valence-electron chi connectivity index (χ2n) is 1.97. The van der Waals surface area contributed by atoms with Crippen molar-refractivity contribution in [2.45, 2.75) is 0 Å². The van der Waals surface area contributed by atoms with Gasteiger partial charge in [0.05, 0.1) is 15.2 Å². The lowest BCUT2D eigenvalue weighted by atomic mass is 10.3. The summed E-state index contributed by atoms with van der Waals surface area (Å²) in [4.78, 5) is 0. The van der Waals surface area contributed by atoms with Crippen molar-refractivity contribution in [3.8, 4) is 0 Å². The quantitative estimate of drug-likeness (QED) is 0.603. The number of hydrogen-bond donors (Lipinski definition) is 1. The predicted molar refractivity (Wildman–Crippen MR) is 61.4 cm³/mol. The Morgan fingerprint density at radius 3 is 2.73 bits per heavy atom. The van der Waals surface area contributed by atoms with Gasteiger partial charge in [0.2, 0.25) is 0 Å². The van der Waals surface area contributed by atoms with E-state index in [4.69, 9.17) is 11.6 Å². The molecule has 0 heterocycles. The molecule has 0 unspecified atom stereocenters. The first-order valence-electron chi connectivity index (χ1n) is 2.98. The van der Waals surface area contributed by atoms with Crippen LogP contribution in [0.15, 0.2) is 16.6 Å². The topological polar surface area (TPSA) is 12.0 Å². The zero-order chi connectivity index (χ0) is 8.43. The summed E-state index contributed by atoms with van der Waals surface area (Å²) in [5, 5.41) is 3.73. The number of anilines is 1. The average Bonchev–Trinajstić information content (AvgIpc) is 2.01. The second kappa shape index (κ2) is 3.96. The van der Waals surface area contributed by atoms with Crippen LogP contribution in [0, 0.1) is 3.57 Å². The van der Waals surface area contributed by atoms with E-state index in [1.54, 1.807) is 0 Å². The number of nitrogens with one attached hydrogen (secondary N) is 1. The van der Waals surface area contributed by atoms with E-state index >= 15 is 0 Å². The fourth-order valence-electron chi connectivity index (χ4n) is 0.719. The Morgan fingerprint density at radius 2 is 2.18 bits per heavy atom. The van der Waals surface area contributed by atoms with Crippen LogP contribution in [0.1, 0.15) is 0 Å². The zero-order valence-electron chi connectivity index (χ0n) is 5.79. The molecule has 0 spiro atoms. The van der Waals surface area contributed by atoms with Gasteiger partial charge in [0.15, 0.2) is 0 Å². The van der Waals surface area contributed by atoms with Crippen molar-refractivity contribution in [2.24, 2.45) is 0 Å². The highest BCUT2D eigenvalue weighted by molar-refractivity contribution is 14.1. The molecule has 1 rings (SSSR count). The molecule has 1 aromatic carbocycles. The Labute approximate surface area is 92.8 Å². The van der Waals surface area contributed by atoms with Crippen LogP contribution in [0.4, 0.5) is 5.69 Å². The summed E-state index contributed by atoms with van der Waals surface area (Å²) in [5.41, 5.74) is 0.943. The summed E-state index contributed by atoms with van der Waals surface area (Å²) >= 11 is 11.6. The van der Waals surface area contributed by atoms with Gasteiger partial charge in [0.1, 0.15) is 0 Å². The van der Waals surface area contributed by atoms with Gasteiger partial charge in [-0.1, -0.05) is 11.6 Å². The lowest BCUT2D eigenvalue weighted by Gasteiger charge is -2.05. The number of benzene rings is 1. The minimum absolute atomic E-state index is 0.736. The zero-order valence-corrected chi connectivity index (χ0v) is 10.3. The van der Waals surface area contributed by atoms with Gasteiger partial charge in [-0.2, -0.15) is 0 Å². The molecule has 0 aromatic heterocycles. The standard InChI is InChI=1S/C7H6BrClIN/c1-11-5-3-2-4(10)6(8)7(5)9/h2-3,11H,1H3. The smallest absolute Gasteiger partial charge is 0.0790 e. The molecule has 11 heavy (non-hydrogen) atoms. The highest BCUT2D eigenvalue weighted by atomic mass is 127. The Morgan fingerprint density at radius 1 is 1.55 bits per heavy atom. The number of hydrogen-bond acceptors (Lipinski definition) is 1. The maximum absolute atomic E-state index is 5.98. The Kier molecular flexibility index (Phi) is 3.46. The molecule has 0 saturated heterocycles. The van der Waals surface area contributed by atoms with Gasteiger partial charge >= 0.3 is 0 Å². The average molecular weight is 346 g/mol. The molecule has 0 saturated carbocycles. The molecule has 0 fully saturated rings. The van der Waals surface area contributed by atoms with Crippen LogP contribution in [-0.2, 0) is 0 Å². The van der Waals surface area contributed by atoms with Gasteiger partial charge in [-0.3, -0.25) is 0 Å². The van der Waals surface area contributed by atoms with Crippen LogP contribution in [0.25, 0.3) is 0 Å². The van der Waals surface area contributed by atoms with Gasteiger partial charge in [-0.05, 0) is 50.7 Å². The fourth-order valence-corrected chi connectivity index (χ4v) is 1.93. The summed E-state index contributed by atoms with van der Waals surface area (Å²) in [6, 6.07) is 3.96. The van der Waals surface area contributed by atoms with Crippen molar-refractivity contribution in [2.75, 3.05) is 12.4 Å². The van der Waals surface area contributed by atoms with Crippen molar-refractivity contribution in [1.82, 2.24) is 0 Å². The van der Waals surface area contributed by atoms with E-state index in [0.29, 0.717) is 0 Å². The van der Waals surface area contributed by atoms with E-state index in [1.165, 1.54) is 0 Å². The summed E-state index contributed by atoms with van der Waals surface area (Å²) in [5.74, 6) is 0. The third-order valence-corrected chi connectivity index (χ3v) is 4.39. The normalized spacial score (nSPS) is 9.82. The molecule has 0 radical (unpaired) electrons. The van der Waals surface area contributed by atoms with Crippen LogP contribution in [0.3, 0.4) is 0 Å². The highest BCUT2D eigenvalue weighted by Crippen LogP contribution is 2.33. The Hall–Kier alpha value is 0.520. The number of rotatable bonds is 1. The molecular formula is C7H6BrClIN. The van der Waals surface area contributed by atoms with E-state index in [-0.39, 0.29) is 0 Å². The molecule has 1 aromatic rings. The van der Waals surface area contributed by atoms with Crippen molar-refractivity contribution < 1.29 is 0 Å². The van der Waals surface area contributed by atoms with Crippen LogP contribution < -0.4 is 5.32 Å². The first-order chi connectivity index (χ1) is 5.16. The van der Waals surface area contributed by atoms with Crippen LogP contribution in [0.2, 0.25) is 5.02 Å².